The number of benzene rings is 1. The molecule has 108 valence electrons. The van der Waals surface area contributed by atoms with E-state index in [1.165, 1.54) is 32.0 Å². The molecule has 1 saturated heterocycles. The van der Waals surface area contributed by atoms with E-state index >= 15 is 0 Å². The van der Waals surface area contributed by atoms with Crippen molar-refractivity contribution < 1.29 is 9.18 Å². The van der Waals surface area contributed by atoms with Crippen LogP contribution in [0.15, 0.2) is 18.2 Å². The van der Waals surface area contributed by atoms with Crippen molar-refractivity contribution in [1.82, 2.24) is 4.90 Å². The number of carbonyl (C=O) groups is 1. The molecular formula is C17H22FNO. The molecule has 3 rings (SSSR count). The molecule has 2 aliphatic rings. The Morgan fingerprint density at radius 2 is 2.10 bits per heavy atom. The summed E-state index contributed by atoms with van der Waals surface area (Å²) in [7, 11) is 0. The van der Waals surface area contributed by atoms with Gasteiger partial charge in [-0.1, -0.05) is 12.1 Å². The highest BCUT2D eigenvalue weighted by Crippen LogP contribution is 2.38. The summed E-state index contributed by atoms with van der Waals surface area (Å²) in [6.45, 7) is 3.48. The Balaban J connectivity index is 1.71. The number of carbonyl (C=O) groups excluding carboxylic acids is 1. The molecular weight excluding hydrogens is 253 g/mol. The molecule has 0 amide bonds. The van der Waals surface area contributed by atoms with Crippen LogP contribution in [0.4, 0.5) is 4.39 Å². The first kappa shape index (κ1) is 13.7. The van der Waals surface area contributed by atoms with E-state index < -0.39 is 0 Å². The van der Waals surface area contributed by atoms with Crippen molar-refractivity contribution in [3.63, 3.8) is 0 Å². The number of halogens is 1. The van der Waals surface area contributed by atoms with Gasteiger partial charge in [0.1, 0.15) is 12.1 Å². The summed E-state index contributed by atoms with van der Waals surface area (Å²) in [5.74, 6) is 0.117. The quantitative estimate of drug-likeness (QED) is 0.787. The molecule has 1 aromatic carbocycles. The zero-order valence-electron chi connectivity index (χ0n) is 11.9. The summed E-state index contributed by atoms with van der Waals surface area (Å²) in [5.41, 5.74) is 1.69. The van der Waals surface area contributed by atoms with Crippen molar-refractivity contribution in [2.45, 2.75) is 38.0 Å². The average Bonchev–Trinajstić information content (AvgIpc) is 2.98. The van der Waals surface area contributed by atoms with E-state index in [0.29, 0.717) is 5.92 Å². The maximum Gasteiger partial charge on any atom is 0.127 e. The van der Waals surface area contributed by atoms with Gasteiger partial charge in [0.05, 0.1) is 0 Å². The van der Waals surface area contributed by atoms with E-state index in [1.807, 2.05) is 6.07 Å². The maximum absolute atomic E-state index is 13.8. The van der Waals surface area contributed by atoms with Crippen LogP contribution in [0, 0.1) is 11.7 Å². The van der Waals surface area contributed by atoms with Crippen LogP contribution in [0.25, 0.3) is 0 Å². The van der Waals surface area contributed by atoms with E-state index in [4.69, 9.17) is 0 Å². The van der Waals surface area contributed by atoms with E-state index in [1.54, 1.807) is 6.07 Å². The summed E-state index contributed by atoms with van der Waals surface area (Å²) in [6, 6.07) is 5.16. The Morgan fingerprint density at radius 1 is 1.30 bits per heavy atom. The second-order valence-corrected chi connectivity index (χ2v) is 6.11. The third-order valence-corrected chi connectivity index (χ3v) is 4.95. The molecule has 20 heavy (non-hydrogen) atoms. The molecule has 1 aromatic rings. The molecule has 1 aliphatic carbocycles. The fourth-order valence-corrected chi connectivity index (χ4v) is 3.78. The molecule has 0 radical (unpaired) electrons. The van der Waals surface area contributed by atoms with Gasteiger partial charge in [-0.15, -0.1) is 0 Å². The zero-order valence-corrected chi connectivity index (χ0v) is 11.9. The monoisotopic (exact) mass is 275 g/mol. The molecule has 2 nitrogen and oxygen atoms in total. The first-order valence-corrected chi connectivity index (χ1v) is 7.74. The van der Waals surface area contributed by atoms with Crippen molar-refractivity contribution in [3.05, 3.63) is 35.1 Å². The van der Waals surface area contributed by atoms with Crippen molar-refractivity contribution >= 4 is 6.29 Å². The van der Waals surface area contributed by atoms with Crippen LogP contribution in [0.3, 0.4) is 0 Å². The number of fused-ring (bicyclic) bond motifs is 1. The molecule has 2 unspecified atom stereocenters. The first-order chi connectivity index (χ1) is 9.79. The van der Waals surface area contributed by atoms with Crippen LogP contribution in [0.5, 0.6) is 0 Å². The second kappa shape index (κ2) is 6.04. The third kappa shape index (κ3) is 2.64. The Bertz CT molecular complexity index is 482. The topological polar surface area (TPSA) is 20.3 Å². The SMILES string of the molecule is O=CC1c2cccc(F)c2CCC1CCN1CCCC1. The number of likely N-dealkylation sites (tertiary alicyclic amines) is 1. The van der Waals surface area contributed by atoms with Crippen LogP contribution < -0.4 is 0 Å². The van der Waals surface area contributed by atoms with Gasteiger partial charge in [-0.25, -0.2) is 4.39 Å². The fraction of sp³-hybridized carbons (Fsp3) is 0.588. The minimum atomic E-state index is -0.146. The molecule has 1 fully saturated rings. The van der Waals surface area contributed by atoms with Crippen LogP contribution in [-0.2, 0) is 11.2 Å². The Kier molecular flexibility index (Phi) is 4.16. The Hall–Kier alpha value is -1.22. The van der Waals surface area contributed by atoms with Gasteiger partial charge in [-0.2, -0.15) is 0 Å². The smallest absolute Gasteiger partial charge is 0.127 e. The molecule has 0 spiro atoms. The third-order valence-electron chi connectivity index (χ3n) is 4.95. The summed E-state index contributed by atoms with van der Waals surface area (Å²) in [4.78, 5) is 14.0. The van der Waals surface area contributed by atoms with Gasteiger partial charge in [0.25, 0.3) is 0 Å². The summed E-state index contributed by atoms with van der Waals surface area (Å²) < 4.78 is 13.8. The van der Waals surface area contributed by atoms with Crippen molar-refractivity contribution in [2.75, 3.05) is 19.6 Å². The molecule has 0 saturated carbocycles. The van der Waals surface area contributed by atoms with Gasteiger partial charge >= 0.3 is 0 Å². The van der Waals surface area contributed by atoms with Gasteiger partial charge in [0.15, 0.2) is 0 Å². The summed E-state index contributed by atoms with van der Waals surface area (Å²) in [5, 5.41) is 0. The lowest BCUT2D eigenvalue weighted by Crippen LogP contribution is -2.28. The Morgan fingerprint density at radius 3 is 2.85 bits per heavy atom. The van der Waals surface area contributed by atoms with E-state index in [2.05, 4.69) is 4.90 Å². The highest BCUT2D eigenvalue weighted by atomic mass is 19.1. The van der Waals surface area contributed by atoms with E-state index in [0.717, 1.165) is 43.2 Å². The molecule has 1 heterocycles. The second-order valence-electron chi connectivity index (χ2n) is 6.11. The molecule has 0 aromatic heterocycles. The van der Waals surface area contributed by atoms with Crippen molar-refractivity contribution in [3.8, 4) is 0 Å². The van der Waals surface area contributed by atoms with Gasteiger partial charge in [-0.3, -0.25) is 0 Å². The normalized spacial score (nSPS) is 26.4. The van der Waals surface area contributed by atoms with Crippen LogP contribution in [0.1, 0.15) is 42.7 Å². The highest BCUT2D eigenvalue weighted by Gasteiger charge is 2.30. The number of rotatable bonds is 4. The average molecular weight is 275 g/mol. The molecule has 3 heteroatoms. The van der Waals surface area contributed by atoms with Crippen LogP contribution in [-0.4, -0.2) is 30.8 Å². The van der Waals surface area contributed by atoms with Crippen molar-refractivity contribution in [2.24, 2.45) is 5.92 Å². The predicted molar refractivity (Wildman–Crippen MR) is 77.3 cm³/mol. The lowest BCUT2D eigenvalue weighted by Gasteiger charge is -2.31. The van der Waals surface area contributed by atoms with Gasteiger partial charge < -0.3 is 9.69 Å². The first-order valence-electron chi connectivity index (χ1n) is 7.74. The number of nitrogens with zero attached hydrogens (tertiary/aromatic N) is 1. The number of aldehydes is 1. The summed E-state index contributed by atoms with van der Waals surface area (Å²) >= 11 is 0. The van der Waals surface area contributed by atoms with Crippen LogP contribution in [0.2, 0.25) is 0 Å². The molecule has 0 bridgehead atoms. The maximum atomic E-state index is 13.8. The number of hydrogen-bond acceptors (Lipinski definition) is 2. The number of hydrogen-bond donors (Lipinski definition) is 0. The van der Waals surface area contributed by atoms with Crippen LogP contribution >= 0.6 is 0 Å². The van der Waals surface area contributed by atoms with Gasteiger partial charge in [0, 0.05) is 5.92 Å². The minimum absolute atomic E-state index is 0.114. The molecule has 1 aliphatic heterocycles. The van der Waals surface area contributed by atoms with Gasteiger partial charge in [-0.05, 0) is 74.8 Å². The zero-order chi connectivity index (χ0) is 13.9. The largest absolute Gasteiger partial charge is 0.303 e. The standard InChI is InChI=1S/C17H22FNO/c18-17-5-3-4-14-15(17)7-6-13(16(14)12-20)8-11-19-9-1-2-10-19/h3-5,12-13,16H,1-2,6-11H2. The predicted octanol–water partition coefficient (Wildman–Crippen LogP) is 3.16. The minimum Gasteiger partial charge on any atom is -0.303 e. The van der Waals surface area contributed by atoms with Crippen molar-refractivity contribution in [1.29, 1.82) is 0 Å². The molecule has 0 N–H and O–H groups in total. The lowest BCUT2D eigenvalue weighted by molar-refractivity contribution is -0.110. The molecule has 2 atom stereocenters. The fourth-order valence-electron chi connectivity index (χ4n) is 3.78. The lowest BCUT2D eigenvalue weighted by atomic mass is 9.74. The van der Waals surface area contributed by atoms with E-state index in [9.17, 15) is 9.18 Å². The van der Waals surface area contributed by atoms with Gasteiger partial charge in [0.2, 0.25) is 0 Å². The van der Waals surface area contributed by atoms with E-state index in [-0.39, 0.29) is 11.7 Å². The Labute approximate surface area is 120 Å². The summed E-state index contributed by atoms with van der Waals surface area (Å²) in [6.07, 6.45) is 6.40. The highest BCUT2D eigenvalue weighted by molar-refractivity contribution is 5.64.